The largest absolute Gasteiger partial charge is 0.491 e. The molecule has 0 saturated carbocycles. The number of aliphatic hydroxyl groups is 2. The second kappa shape index (κ2) is 18.2. The zero-order valence-corrected chi connectivity index (χ0v) is 26.0. The van der Waals surface area contributed by atoms with Crippen LogP contribution >= 0.6 is 0 Å². The smallest absolute Gasteiger partial charge is 0.119 e. The van der Waals surface area contributed by atoms with E-state index >= 15 is 0 Å². The number of hydrogen-bond donors (Lipinski definition) is 2. The second-order valence-electron chi connectivity index (χ2n) is 11.1. The third-order valence-electron chi connectivity index (χ3n) is 7.35. The summed E-state index contributed by atoms with van der Waals surface area (Å²) in [4.78, 5) is 0. The Hall–Kier alpha value is -3.68. The summed E-state index contributed by atoms with van der Waals surface area (Å²) in [7, 11) is 0. The molecule has 2 N–H and O–H groups in total. The maximum atomic E-state index is 9.47. The molecule has 0 amide bonds. The molecule has 44 heavy (non-hydrogen) atoms. The molecule has 0 fully saturated rings. The molecule has 0 aromatic heterocycles. The van der Waals surface area contributed by atoms with Crippen LogP contribution in [-0.2, 0) is 22.3 Å². The van der Waals surface area contributed by atoms with Gasteiger partial charge < -0.3 is 29.2 Å². The van der Waals surface area contributed by atoms with Gasteiger partial charge in [-0.2, -0.15) is 0 Å². The molecular weight excluding hydrogens is 552 g/mol. The van der Waals surface area contributed by atoms with Crippen molar-refractivity contribution >= 4 is 0 Å². The highest BCUT2D eigenvalue weighted by atomic mass is 16.6. The maximum Gasteiger partial charge on any atom is 0.119 e. The molecule has 0 aliphatic carbocycles. The molecule has 0 heterocycles. The fraction of sp³-hybridized carbons (Fsp3) is 0.368. The normalized spacial score (nSPS) is 12.5. The van der Waals surface area contributed by atoms with Crippen LogP contribution in [0, 0.1) is 0 Å². The summed E-state index contributed by atoms with van der Waals surface area (Å²) in [6.45, 7) is 6.59. The van der Waals surface area contributed by atoms with Gasteiger partial charge in [-0.15, -0.1) is 0 Å². The number of ether oxygens (including phenoxy) is 4. The molecule has 2 atom stereocenters. The van der Waals surface area contributed by atoms with Crippen molar-refractivity contribution in [2.75, 3.05) is 39.6 Å². The first-order valence-electron chi connectivity index (χ1n) is 15.6. The lowest BCUT2D eigenvalue weighted by Gasteiger charge is -2.10. The summed E-state index contributed by atoms with van der Waals surface area (Å²) in [5.41, 5.74) is 7.07. The average Bonchev–Trinajstić information content (AvgIpc) is 3.05. The van der Waals surface area contributed by atoms with Crippen LogP contribution in [0.2, 0.25) is 0 Å². The van der Waals surface area contributed by atoms with Crippen molar-refractivity contribution in [1.82, 2.24) is 0 Å². The van der Waals surface area contributed by atoms with Gasteiger partial charge in [0.05, 0.1) is 38.6 Å². The zero-order valence-electron chi connectivity index (χ0n) is 26.0. The van der Waals surface area contributed by atoms with Gasteiger partial charge in [-0.25, -0.2) is 0 Å². The van der Waals surface area contributed by atoms with E-state index in [0.29, 0.717) is 39.6 Å². The highest BCUT2D eigenvalue weighted by molar-refractivity contribution is 5.65. The Kier molecular flexibility index (Phi) is 13.7. The van der Waals surface area contributed by atoms with E-state index in [9.17, 15) is 10.2 Å². The molecule has 4 aromatic carbocycles. The number of rotatable bonds is 19. The van der Waals surface area contributed by atoms with E-state index in [1.54, 1.807) is 0 Å². The molecule has 0 aliphatic heterocycles. The van der Waals surface area contributed by atoms with Crippen LogP contribution in [0.3, 0.4) is 0 Å². The molecule has 0 spiro atoms. The van der Waals surface area contributed by atoms with E-state index in [1.807, 2.05) is 38.1 Å². The van der Waals surface area contributed by atoms with Gasteiger partial charge in [0, 0.05) is 0 Å². The van der Waals surface area contributed by atoms with Gasteiger partial charge in [0.25, 0.3) is 0 Å². The summed E-state index contributed by atoms with van der Waals surface area (Å²) in [6.07, 6.45) is 2.77. The molecule has 234 valence electrons. The summed E-state index contributed by atoms with van der Waals surface area (Å²) in [5.74, 6) is 1.63. The van der Waals surface area contributed by atoms with Gasteiger partial charge in [0.1, 0.15) is 24.7 Å². The first-order chi connectivity index (χ1) is 21.5. The Labute approximate surface area is 262 Å². The van der Waals surface area contributed by atoms with E-state index in [0.717, 1.165) is 59.4 Å². The highest BCUT2D eigenvalue weighted by Crippen LogP contribution is 2.24. The predicted octanol–water partition coefficient (Wildman–Crippen LogP) is 7.14. The van der Waals surface area contributed by atoms with Crippen molar-refractivity contribution in [3.63, 3.8) is 0 Å². The first kappa shape index (κ1) is 33.2. The minimum atomic E-state index is -0.272. The molecule has 0 saturated heterocycles. The van der Waals surface area contributed by atoms with Crippen molar-refractivity contribution in [3.05, 3.63) is 108 Å². The number of benzene rings is 4. The van der Waals surface area contributed by atoms with Crippen LogP contribution in [0.1, 0.15) is 37.8 Å². The van der Waals surface area contributed by atoms with Gasteiger partial charge in [-0.05, 0) is 97.2 Å². The van der Waals surface area contributed by atoms with E-state index in [2.05, 4.69) is 72.8 Å². The average molecular weight is 599 g/mol. The lowest BCUT2D eigenvalue weighted by atomic mass is 10.0. The Morgan fingerprint density at radius 3 is 1.05 bits per heavy atom. The van der Waals surface area contributed by atoms with E-state index in [-0.39, 0.29) is 12.2 Å². The molecule has 0 aliphatic rings. The predicted molar refractivity (Wildman–Crippen MR) is 176 cm³/mol. The topological polar surface area (TPSA) is 77.4 Å². The third-order valence-corrected chi connectivity index (χ3v) is 7.35. The van der Waals surface area contributed by atoms with Crippen LogP contribution in [0.5, 0.6) is 11.5 Å². The van der Waals surface area contributed by atoms with Crippen molar-refractivity contribution < 1.29 is 29.2 Å². The highest BCUT2D eigenvalue weighted by Gasteiger charge is 2.04. The fourth-order valence-electron chi connectivity index (χ4n) is 4.72. The second-order valence-corrected chi connectivity index (χ2v) is 11.1. The molecule has 4 rings (SSSR count). The van der Waals surface area contributed by atoms with Crippen molar-refractivity contribution in [3.8, 4) is 33.8 Å². The van der Waals surface area contributed by atoms with Gasteiger partial charge in [0.2, 0.25) is 0 Å². The Bertz CT molecular complexity index is 1220. The van der Waals surface area contributed by atoms with E-state index < -0.39 is 0 Å². The summed E-state index contributed by atoms with van der Waals surface area (Å²) >= 11 is 0. The standard InChI is InChI=1S/C38H46O6/c1-29(39)3-5-31-7-11-33(12-8-31)35-15-19-37(20-16-35)43-27-25-41-23-24-42-26-28-44-38-21-17-36(18-22-38)34-13-9-32(10-14-34)6-4-30(2)40/h7-22,29-30,39-40H,3-6,23-28H2,1-2H3. The molecule has 0 bridgehead atoms. The quantitative estimate of drug-likeness (QED) is 0.112. The molecule has 4 aromatic rings. The van der Waals surface area contributed by atoms with Crippen LogP contribution < -0.4 is 9.47 Å². The maximum absolute atomic E-state index is 9.47. The van der Waals surface area contributed by atoms with Gasteiger partial charge >= 0.3 is 0 Å². The van der Waals surface area contributed by atoms with Crippen molar-refractivity contribution in [2.24, 2.45) is 0 Å². The number of aryl methyl sites for hydroxylation is 2. The number of hydrogen-bond acceptors (Lipinski definition) is 6. The zero-order chi connectivity index (χ0) is 31.0. The van der Waals surface area contributed by atoms with Crippen LogP contribution in [0.15, 0.2) is 97.1 Å². The summed E-state index contributed by atoms with van der Waals surface area (Å²) in [6, 6.07) is 33.1. The van der Waals surface area contributed by atoms with Crippen LogP contribution in [-0.4, -0.2) is 62.1 Å². The van der Waals surface area contributed by atoms with Gasteiger partial charge in [-0.3, -0.25) is 0 Å². The minimum absolute atomic E-state index is 0.272. The molecular formula is C38H46O6. The molecule has 0 radical (unpaired) electrons. The Morgan fingerprint density at radius 2 is 0.727 bits per heavy atom. The van der Waals surface area contributed by atoms with E-state index in [1.165, 1.54) is 11.1 Å². The lowest BCUT2D eigenvalue weighted by Crippen LogP contribution is -2.13. The molecule has 2 unspecified atom stereocenters. The van der Waals surface area contributed by atoms with Crippen LogP contribution in [0.25, 0.3) is 22.3 Å². The molecule has 6 heteroatoms. The van der Waals surface area contributed by atoms with Crippen molar-refractivity contribution in [1.29, 1.82) is 0 Å². The van der Waals surface area contributed by atoms with Gasteiger partial charge in [0.15, 0.2) is 0 Å². The Balaban J connectivity index is 1.03. The minimum Gasteiger partial charge on any atom is -0.491 e. The van der Waals surface area contributed by atoms with E-state index in [4.69, 9.17) is 18.9 Å². The summed E-state index contributed by atoms with van der Waals surface area (Å²) < 4.78 is 22.9. The fourth-order valence-corrected chi connectivity index (χ4v) is 4.72. The third kappa shape index (κ3) is 11.8. The Morgan fingerprint density at radius 1 is 0.432 bits per heavy atom. The first-order valence-corrected chi connectivity index (χ1v) is 15.6. The lowest BCUT2D eigenvalue weighted by molar-refractivity contribution is 0.0273. The van der Waals surface area contributed by atoms with Gasteiger partial charge in [-0.1, -0.05) is 72.8 Å². The monoisotopic (exact) mass is 598 g/mol. The van der Waals surface area contributed by atoms with Crippen LogP contribution in [0.4, 0.5) is 0 Å². The van der Waals surface area contributed by atoms with Crippen molar-refractivity contribution in [2.45, 2.75) is 51.7 Å². The SMILES string of the molecule is CC(O)CCc1ccc(-c2ccc(OCCOCCOCCOc3ccc(-c4ccc(CCC(C)O)cc4)cc3)cc2)cc1. The molecule has 6 nitrogen and oxygen atoms in total. The summed E-state index contributed by atoms with van der Waals surface area (Å²) in [5, 5.41) is 18.9. The number of aliphatic hydroxyl groups excluding tert-OH is 2.